The second-order valence-corrected chi connectivity index (χ2v) is 5.74. The number of carbonyl (C=O) groups excluding carboxylic acids is 2. The lowest BCUT2D eigenvalue weighted by Gasteiger charge is -2.15. The minimum atomic E-state index is 0.591. The van der Waals surface area contributed by atoms with Crippen LogP contribution in [-0.4, -0.2) is 12.6 Å². The second-order valence-electron chi connectivity index (χ2n) is 5.74. The number of benzene rings is 4. The second kappa shape index (κ2) is 5.74. The molecule has 0 saturated heterocycles. The van der Waals surface area contributed by atoms with Crippen LogP contribution >= 0.6 is 0 Å². The zero-order chi connectivity index (χ0) is 16.5. The lowest BCUT2D eigenvalue weighted by atomic mass is 9.88. The summed E-state index contributed by atoms with van der Waals surface area (Å²) in [5.74, 6) is 0. The van der Waals surface area contributed by atoms with Gasteiger partial charge >= 0.3 is 0 Å². The molecule has 0 fully saturated rings. The minimum Gasteiger partial charge on any atom is -0.298 e. The molecule has 0 atom stereocenters. The summed E-state index contributed by atoms with van der Waals surface area (Å²) in [6.45, 7) is 0. The van der Waals surface area contributed by atoms with Crippen LogP contribution in [0.3, 0.4) is 0 Å². The normalized spacial score (nSPS) is 10.8. The van der Waals surface area contributed by atoms with E-state index in [-0.39, 0.29) is 0 Å². The quantitative estimate of drug-likeness (QED) is 0.482. The first-order valence-electron chi connectivity index (χ1n) is 7.77. The summed E-state index contributed by atoms with van der Waals surface area (Å²) in [7, 11) is 0. The molecule has 4 rings (SSSR count). The van der Waals surface area contributed by atoms with E-state index < -0.39 is 0 Å². The van der Waals surface area contributed by atoms with Gasteiger partial charge in [-0.3, -0.25) is 9.59 Å². The van der Waals surface area contributed by atoms with Crippen LogP contribution < -0.4 is 0 Å². The molecule has 0 radical (unpaired) electrons. The molecule has 0 aliphatic heterocycles. The van der Waals surface area contributed by atoms with Gasteiger partial charge in [0, 0.05) is 22.3 Å². The van der Waals surface area contributed by atoms with Gasteiger partial charge in [0.25, 0.3) is 0 Å². The van der Waals surface area contributed by atoms with Crippen LogP contribution in [0.25, 0.3) is 32.7 Å². The third kappa shape index (κ3) is 2.12. The van der Waals surface area contributed by atoms with E-state index in [0.29, 0.717) is 11.1 Å². The van der Waals surface area contributed by atoms with Gasteiger partial charge in [-0.2, -0.15) is 0 Å². The van der Waals surface area contributed by atoms with Crippen molar-refractivity contribution < 1.29 is 9.59 Å². The Morgan fingerprint density at radius 1 is 0.500 bits per heavy atom. The third-order valence-electron chi connectivity index (χ3n) is 4.43. The maximum absolute atomic E-state index is 11.7. The van der Waals surface area contributed by atoms with Crippen molar-refractivity contribution in [2.24, 2.45) is 0 Å². The van der Waals surface area contributed by atoms with E-state index in [2.05, 4.69) is 0 Å². The van der Waals surface area contributed by atoms with Crippen molar-refractivity contribution >= 4 is 34.1 Å². The zero-order valence-electron chi connectivity index (χ0n) is 12.9. The number of hydrogen-bond donors (Lipinski definition) is 0. The first-order valence-corrected chi connectivity index (χ1v) is 7.77. The summed E-state index contributed by atoms with van der Waals surface area (Å²) in [6.07, 6.45) is 1.72. The molecule has 0 bridgehead atoms. The maximum atomic E-state index is 11.7. The van der Waals surface area contributed by atoms with E-state index in [1.165, 1.54) is 0 Å². The lowest BCUT2D eigenvalue weighted by Crippen LogP contribution is -1.95. The fourth-order valence-electron chi connectivity index (χ4n) is 3.33. The average Bonchev–Trinajstić information content (AvgIpc) is 2.66. The molecule has 0 N–H and O–H groups in total. The number of carbonyl (C=O) groups is 2. The Morgan fingerprint density at radius 3 is 1.33 bits per heavy atom. The van der Waals surface area contributed by atoms with Gasteiger partial charge in [0.15, 0.2) is 12.6 Å². The lowest BCUT2D eigenvalue weighted by molar-refractivity contribution is 0.111. The zero-order valence-corrected chi connectivity index (χ0v) is 12.9. The molecule has 114 valence electrons. The molecule has 0 heterocycles. The van der Waals surface area contributed by atoms with E-state index >= 15 is 0 Å². The standard InChI is InChI=1S/C22H14O2/c23-13-17-11-9-15-5-1-3-7-19(15)21(17)22-18(14-24)12-10-16-6-2-4-8-20(16)22/h1-14H. The Kier molecular flexibility index (Phi) is 3.43. The molecule has 2 nitrogen and oxygen atoms in total. The number of rotatable bonds is 3. The van der Waals surface area contributed by atoms with Crippen molar-refractivity contribution in [1.82, 2.24) is 0 Å². The molecule has 0 spiro atoms. The summed E-state index contributed by atoms with van der Waals surface area (Å²) < 4.78 is 0. The van der Waals surface area contributed by atoms with Crippen molar-refractivity contribution in [2.45, 2.75) is 0 Å². The minimum absolute atomic E-state index is 0.591. The predicted molar refractivity (Wildman–Crippen MR) is 97.7 cm³/mol. The highest BCUT2D eigenvalue weighted by Gasteiger charge is 2.16. The molecule has 24 heavy (non-hydrogen) atoms. The first kappa shape index (κ1) is 14.3. The van der Waals surface area contributed by atoms with E-state index in [4.69, 9.17) is 0 Å². The average molecular weight is 310 g/mol. The summed E-state index contributed by atoms with van der Waals surface area (Å²) in [6, 6.07) is 23.4. The van der Waals surface area contributed by atoms with E-state index in [0.717, 1.165) is 45.2 Å². The first-order chi connectivity index (χ1) is 11.8. The summed E-state index contributed by atoms with van der Waals surface area (Å²) in [5, 5.41) is 4.04. The molecular formula is C22H14O2. The SMILES string of the molecule is O=Cc1ccc2ccccc2c1-c1c(C=O)ccc2ccccc12. The Bertz CT molecular complexity index is 1000. The van der Waals surface area contributed by atoms with E-state index in [9.17, 15) is 9.59 Å². The molecule has 0 aromatic heterocycles. The van der Waals surface area contributed by atoms with Crippen molar-refractivity contribution in [3.05, 3.63) is 83.9 Å². The summed E-state index contributed by atoms with van der Waals surface area (Å²) in [5.41, 5.74) is 2.82. The molecule has 0 aliphatic rings. The van der Waals surface area contributed by atoms with Gasteiger partial charge in [-0.1, -0.05) is 72.8 Å². The van der Waals surface area contributed by atoms with Crippen LogP contribution in [0.4, 0.5) is 0 Å². The topological polar surface area (TPSA) is 34.1 Å². The van der Waals surface area contributed by atoms with Crippen molar-refractivity contribution in [3.8, 4) is 11.1 Å². The Labute approximate surface area is 139 Å². The van der Waals surface area contributed by atoms with Crippen molar-refractivity contribution in [3.63, 3.8) is 0 Å². The number of aldehydes is 2. The van der Waals surface area contributed by atoms with Crippen LogP contribution in [0.1, 0.15) is 20.7 Å². The smallest absolute Gasteiger partial charge is 0.150 e. The van der Waals surface area contributed by atoms with Crippen LogP contribution in [0.2, 0.25) is 0 Å². The molecular weight excluding hydrogens is 296 g/mol. The molecule has 0 amide bonds. The van der Waals surface area contributed by atoms with Crippen molar-refractivity contribution in [1.29, 1.82) is 0 Å². The monoisotopic (exact) mass is 310 g/mol. The van der Waals surface area contributed by atoms with Crippen LogP contribution in [0, 0.1) is 0 Å². The Hall–Kier alpha value is -3.26. The summed E-state index contributed by atoms with van der Waals surface area (Å²) in [4.78, 5) is 23.4. The highest BCUT2D eigenvalue weighted by Crippen LogP contribution is 2.38. The van der Waals surface area contributed by atoms with Crippen LogP contribution in [0.15, 0.2) is 72.8 Å². The van der Waals surface area contributed by atoms with Gasteiger partial charge in [0.05, 0.1) is 0 Å². The number of hydrogen-bond acceptors (Lipinski definition) is 2. The van der Waals surface area contributed by atoms with Gasteiger partial charge in [0.2, 0.25) is 0 Å². The highest BCUT2D eigenvalue weighted by atomic mass is 16.1. The Morgan fingerprint density at radius 2 is 0.917 bits per heavy atom. The van der Waals surface area contributed by atoms with E-state index in [1.807, 2.05) is 72.8 Å². The van der Waals surface area contributed by atoms with Gasteiger partial charge in [-0.15, -0.1) is 0 Å². The third-order valence-corrected chi connectivity index (χ3v) is 4.43. The molecule has 4 aromatic carbocycles. The fraction of sp³-hybridized carbons (Fsp3) is 0. The van der Waals surface area contributed by atoms with Gasteiger partial charge < -0.3 is 0 Å². The van der Waals surface area contributed by atoms with Crippen molar-refractivity contribution in [2.75, 3.05) is 0 Å². The van der Waals surface area contributed by atoms with E-state index in [1.54, 1.807) is 0 Å². The maximum Gasteiger partial charge on any atom is 0.150 e. The molecule has 0 unspecified atom stereocenters. The molecule has 2 heteroatoms. The fourth-order valence-corrected chi connectivity index (χ4v) is 3.33. The molecule has 0 aliphatic carbocycles. The molecule has 4 aromatic rings. The Balaban J connectivity index is 2.25. The highest BCUT2D eigenvalue weighted by molar-refractivity contribution is 6.14. The molecule has 0 saturated carbocycles. The predicted octanol–water partition coefficient (Wildman–Crippen LogP) is 5.29. The van der Waals surface area contributed by atoms with Crippen LogP contribution in [-0.2, 0) is 0 Å². The van der Waals surface area contributed by atoms with Gasteiger partial charge in [-0.25, -0.2) is 0 Å². The number of fused-ring (bicyclic) bond motifs is 2. The van der Waals surface area contributed by atoms with Gasteiger partial charge in [-0.05, 0) is 21.5 Å². The van der Waals surface area contributed by atoms with Gasteiger partial charge in [0.1, 0.15) is 0 Å². The summed E-state index contributed by atoms with van der Waals surface area (Å²) >= 11 is 0. The largest absolute Gasteiger partial charge is 0.298 e. The van der Waals surface area contributed by atoms with Crippen LogP contribution in [0.5, 0.6) is 0 Å².